The number of nitrogens with two attached hydrogens (primary N) is 1. The lowest BCUT2D eigenvalue weighted by Crippen LogP contribution is -2.53. The lowest BCUT2D eigenvalue weighted by molar-refractivity contribution is -0.0789. The molecule has 2 N–H and O–H groups in total. The van der Waals surface area contributed by atoms with Crippen molar-refractivity contribution in [3.8, 4) is 0 Å². The number of carbonyl (C=O) groups is 2. The number of halogens is 3. The lowest BCUT2D eigenvalue weighted by atomic mass is 9.98. The number of primary amides is 1. The van der Waals surface area contributed by atoms with Crippen LogP contribution in [0.5, 0.6) is 0 Å². The number of hydrogen-bond acceptors (Lipinski definition) is 4. The largest absolute Gasteiger partial charge is 0.448 e. The SMILES string of the molecule is Cc1ccc(Br)nc1C(=O)N1CC(F)(F)CC[C@@H]1COC(N)=O. The van der Waals surface area contributed by atoms with E-state index in [0.717, 1.165) is 4.90 Å². The van der Waals surface area contributed by atoms with E-state index in [-0.39, 0.29) is 25.1 Å². The van der Waals surface area contributed by atoms with Gasteiger partial charge in [-0.2, -0.15) is 0 Å². The first kappa shape index (κ1) is 17.6. The summed E-state index contributed by atoms with van der Waals surface area (Å²) in [4.78, 5) is 28.5. The summed E-state index contributed by atoms with van der Waals surface area (Å²) >= 11 is 3.16. The number of carbonyl (C=O) groups excluding carboxylic acids is 2. The third-order valence-corrected chi connectivity index (χ3v) is 4.07. The number of likely N-dealkylation sites (tertiary alicyclic amines) is 1. The van der Waals surface area contributed by atoms with Gasteiger partial charge in [0, 0.05) is 6.42 Å². The number of hydrogen-bond donors (Lipinski definition) is 1. The van der Waals surface area contributed by atoms with Crippen LogP contribution in [0.4, 0.5) is 13.6 Å². The van der Waals surface area contributed by atoms with Crippen molar-refractivity contribution >= 4 is 27.9 Å². The zero-order valence-electron chi connectivity index (χ0n) is 12.4. The number of pyridine rings is 1. The predicted molar refractivity (Wildman–Crippen MR) is 81.2 cm³/mol. The van der Waals surface area contributed by atoms with Gasteiger partial charge in [0.05, 0.1) is 12.6 Å². The Morgan fingerprint density at radius 3 is 2.87 bits per heavy atom. The molecule has 0 spiro atoms. The third-order valence-electron chi connectivity index (χ3n) is 3.63. The molecular formula is C14H16BrF2N3O3. The second kappa shape index (κ2) is 6.77. The van der Waals surface area contributed by atoms with Gasteiger partial charge in [-0.25, -0.2) is 18.6 Å². The van der Waals surface area contributed by atoms with E-state index in [4.69, 9.17) is 10.5 Å². The number of aromatic nitrogens is 1. The Bertz CT molecular complexity index is 627. The number of alkyl halides is 2. The van der Waals surface area contributed by atoms with Gasteiger partial charge >= 0.3 is 6.09 Å². The molecule has 9 heteroatoms. The fourth-order valence-electron chi connectivity index (χ4n) is 2.44. The molecule has 0 radical (unpaired) electrons. The fraction of sp³-hybridized carbons (Fsp3) is 0.500. The van der Waals surface area contributed by atoms with Crippen LogP contribution < -0.4 is 5.73 Å². The fourth-order valence-corrected chi connectivity index (χ4v) is 2.75. The zero-order chi connectivity index (χ0) is 17.2. The molecule has 2 amide bonds. The van der Waals surface area contributed by atoms with Crippen LogP contribution in [0.15, 0.2) is 16.7 Å². The number of piperidine rings is 1. The quantitative estimate of drug-likeness (QED) is 0.801. The van der Waals surface area contributed by atoms with Crippen molar-refractivity contribution < 1.29 is 23.1 Å². The summed E-state index contributed by atoms with van der Waals surface area (Å²) < 4.78 is 32.6. The van der Waals surface area contributed by atoms with Crippen LogP contribution in [0, 0.1) is 6.92 Å². The molecule has 1 aliphatic heterocycles. The highest BCUT2D eigenvalue weighted by atomic mass is 79.9. The van der Waals surface area contributed by atoms with E-state index >= 15 is 0 Å². The van der Waals surface area contributed by atoms with Crippen molar-refractivity contribution in [1.29, 1.82) is 0 Å². The van der Waals surface area contributed by atoms with Crippen molar-refractivity contribution in [2.75, 3.05) is 13.2 Å². The van der Waals surface area contributed by atoms with Crippen molar-refractivity contribution in [3.05, 3.63) is 28.0 Å². The summed E-state index contributed by atoms with van der Waals surface area (Å²) in [5, 5.41) is 0. The van der Waals surface area contributed by atoms with Gasteiger partial charge in [0.25, 0.3) is 11.8 Å². The van der Waals surface area contributed by atoms with Gasteiger partial charge in [0.2, 0.25) is 0 Å². The van der Waals surface area contributed by atoms with Gasteiger partial charge in [0.1, 0.15) is 16.9 Å². The van der Waals surface area contributed by atoms with E-state index < -0.39 is 30.5 Å². The molecule has 0 aliphatic carbocycles. The Labute approximate surface area is 140 Å². The first-order valence-electron chi connectivity index (χ1n) is 6.94. The first-order chi connectivity index (χ1) is 10.7. The van der Waals surface area contributed by atoms with E-state index in [9.17, 15) is 18.4 Å². The Morgan fingerprint density at radius 1 is 1.52 bits per heavy atom. The van der Waals surface area contributed by atoms with Crippen LogP contribution >= 0.6 is 15.9 Å². The molecule has 1 aromatic heterocycles. The summed E-state index contributed by atoms with van der Waals surface area (Å²) in [5.41, 5.74) is 5.56. The van der Waals surface area contributed by atoms with Gasteiger partial charge in [-0.1, -0.05) is 6.07 Å². The molecule has 1 atom stereocenters. The summed E-state index contributed by atoms with van der Waals surface area (Å²) in [5.74, 6) is -3.61. The molecule has 6 nitrogen and oxygen atoms in total. The average molecular weight is 392 g/mol. The molecule has 2 heterocycles. The van der Waals surface area contributed by atoms with Gasteiger partial charge in [-0.05, 0) is 40.9 Å². The number of amides is 2. The number of rotatable bonds is 3. The van der Waals surface area contributed by atoms with Crippen LogP contribution in [0.1, 0.15) is 28.9 Å². The van der Waals surface area contributed by atoms with E-state index in [2.05, 4.69) is 20.9 Å². The molecule has 0 aromatic carbocycles. The minimum atomic E-state index is -2.99. The van der Waals surface area contributed by atoms with Crippen LogP contribution in [-0.4, -0.2) is 47.0 Å². The maximum Gasteiger partial charge on any atom is 0.404 e. The predicted octanol–water partition coefficient (Wildman–Crippen LogP) is 2.49. The van der Waals surface area contributed by atoms with E-state index in [0.29, 0.717) is 10.2 Å². The normalized spacial score (nSPS) is 20.2. The highest BCUT2D eigenvalue weighted by Gasteiger charge is 2.43. The molecule has 126 valence electrons. The van der Waals surface area contributed by atoms with Gasteiger partial charge < -0.3 is 15.4 Å². The maximum absolute atomic E-state index is 13.7. The van der Waals surface area contributed by atoms with E-state index in [1.54, 1.807) is 19.1 Å². The monoisotopic (exact) mass is 391 g/mol. The molecule has 1 fully saturated rings. The molecule has 23 heavy (non-hydrogen) atoms. The third kappa shape index (κ3) is 4.37. The Kier molecular flexibility index (Phi) is 5.18. The van der Waals surface area contributed by atoms with Crippen molar-refractivity contribution in [3.63, 3.8) is 0 Å². The average Bonchev–Trinajstić information content (AvgIpc) is 2.47. The lowest BCUT2D eigenvalue weighted by Gasteiger charge is -2.39. The summed E-state index contributed by atoms with van der Waals surface area (Å²) in [6.07, 6.45) is -1.38. The highest BCUT2D eigenvalue weighted by molar-refractivity contribution is 9.10. The number of nitrogens with zero attached hydrogens (tertiary/aromatic N) is 2. The highest BCUT2D eigenvalue weighted by Crippen LogP contribution is 2.31. The Morgan fingerprint density at radius 2 is 2.22 bits per heavy atom. The van der Waals surface area contributed by atoms with Gasteiger partial charge in [-0.15, -0.1) is 0 Å². The minimum Gasteiger partial charge on any atom is -0.448 e. The minimum absolute atomic E-state index is 0.0130. The van der Waals surface area contributed by atoms with Gasteiger partial charge in [0.15, 0.2) is 0 Å². The standard InChI is InChI=1S/C14H16BrF2N3O3/c1-8-2-3-10(15)19-11(8)12(21)20-7-14(16,17)5-4-9(20)6-23-13(18)22/h2-3,9H,4-7H2,1H3,(H2,18,22)/t9-/m1/s1. The molecule has 0 bridgehead atoms. The summed E-state index contributed by atoms with van der Waals surface area (Å²) in [7, 11) is 0. The molecule has 1 aromatic rings. The van der Waals surface area contributed by atoms with E-state index in [1.807, 2.05) is 0 Å². The van der Waals surface area contributed by atoms with E-state index in [1.165, 1.54) is 0 Å². The topological polar surface area (TPSA) is 85.5 Å². The second-order valence-electron chi connectivity index (χ2n) is 5.41. The molecule has 2 rings (SSSR count). The zero-order valence-corrected chi connectivity index (χ0v) is 14.0. The molecule has 1 saturated heterocycles. The molecule has 0 unspecified atom stereocenters. The van der Waals surface area contributed by atoms with Crippen LogP contribution in [0.3, 0.4) is 0 Å². The Balaban J connectivity index is 2.27. The maximum atomic E-state index is 13.7. The van der Waals surface area contributed by atoms with Gasteiger partial charge in [-0.3, -0.25) is 4.79 Å². The molecular weight excluding hydrogens is 376 g/mol. The molecule has 1 aliphatic rings. The number of aryl methyl sites for hydroxylation is 1. The van der Waals surface area contributed by atoms with Crippen molar-refractivity contribution in [2.45, 2.75) is 31.7 Å². The van der Waals surface area contributed by atoms with Crippen LogP contribution in [0.2, 0.25) is 0 Å². The smallest absolute Gasteiger partial charge is 0.404 e. The second-order valence-corrected chi connectivity index (χ2v) is 6.22. The first-order valence-corrected chi connectivity index (χ1v) is 7.73. The summed E-state index contributed by atoms with van der Waals surface area (Å²) in [6, 6.07) is 2.67. The molecule has 0 saturated carbocycles. The van der Waals surface area contributed by atoms with Crippen LogP contribution in [0.25, 0.3) is 0 Å². The van der Waals surface area contributed by atoms with Crippen molar-refractivity contribution in [2.24, 2.45) is 5.73 Å². The number of ether oxygens (including phenoxy) is 1. The van der Waals surface area contributed by atoms with Crippen molar-refractivity contribution in [1.82, 2.24) is 9.88 Å². The Hall–Kier alpha value is -1.77. The van der Waals surface area contributed by atoms with Crippen LogP contribution in [-0.2, 0) is 4.74 Å². The summed E-state index contributed by atoms with van der Waals surface area (Å²) in [6.45, 7) is 0.708.